The minimum absolute atomic E-state index is 0.584. The minimum Gasteiger partial charge on any atom is -0.377 e. The summed E-state index contributed by atoms with van der Waals surface area (Å²) in [7, 11) is 0. The predicted molar refractivity (Wildman–Crippen MR) is 49.5 cm³/mol. The van der Waals surface area contributed by atoms with Crippen LogP contribution in [0.2, 0.25) is 0 Å². The van der Waals surface area contributed by atoms with E-state index in [0.717, 1.165) is 6.61 Å². The fourth-order valence-corrected chi connectivity index (χ4v) is 2.59. The Balaban J connectivity index is 1.92. The summed E-state index contributed by atoms with van der Waals surface area (Å²) in [6, 6.07) is 0. The van der Waals surface area contributed by atoms with Gasteiger partial charge in [0.2, 0.25) is 0 Å². The van der Waals surface area contributed by atoms with Gasteiger partial charge in [-0.2, -0.15) is 0 Å². The molecule has 0 amide bonds. The van der Waals surface area contributed by atoms with Crippen molar-refractivity contribution in [3.63, 3.8) is 0 Å². The van der Waals surface area contributed by atoms with Crippen molar-refractivity contribution in [1.29, 1.82) is 0 Å². The minimum atomic E-state index is 0.584. The van der Waals surface area contributed by atoms with Gasteiger partial charge in [0.15, 0.2) is 0 Å². The maximum atomic E-state index is 5.65. The Bertz CT molecular complexity index is 131. The van der Waals surface area contributed by atoms with Gasteiger partial charge in [-0.1, -0.05) is 29.0 Å². The van der Waals surface area contributed by atoms with E-state index < -0.39 is 0 Å². The van der Waals surface area contributed by atoms with Crippen LogP contribution < -0.4 is 0 Å². The molecule has 1 nitrogen and oxygen atoms in total. The standard InChI is InChI=1S/C8H13IO/c9-5-7-4-8(6-10-7)2-1-3-8/h7H,1-6H2/t7-/m0/s1. The van der Waals surface area contributed by atoms with Crippen molar-refractivity contribution in [2.24, 2.45) is 5.41 Å². The third-order valence-corrected chi connectivity index (χ3v) is 3.85. The van der Waals surface area contributed by atoms with Gasteiger partial charge < -0.3 is 4.74 Å². The van der Waals surface area contributed by atoms with Gasteiger partial charge in [-0.25, -0.2) is 0 Å². The quantitative estimate of drug-likeness (QED) is 0.514. The van der Waals surface area contributed by atoms with Gasteiger partial charge in [-0.3, -0.25) is 0 Å². The molecule has 0 radical (unpaired) electrons. The van der Waals surface area contributed by atoms with Crippen molar-refractivity contribution >= 4 is 22.6 Å². The molecule has 2 rings (SSSR count). The number of alkyl halides is 1. The average Bonchev–Trinajstić information content (AvgIpc) is 2.29. The molecule has 1 heterocycles. The van der Waals surface area contributed by atoms with E-state index in [9.17, 15) is 0 Å². The largest absolute Gasteiger partial charge is 0.377 e. The molecule has 1 aliphatic heterocycles. The Labute approximate surface area is 75.7 Å². The molecule has 1 saturated carbocycles. The number of halogens is 1. The Morgan fingerprint density at radius 1 is 1.50 bits per heavy atom. The fraction of sp³-hybridized carbons (Fsp3) is 1.00. The summed E-state index contributed by atoms with van der Waals surface area (Å²) in [5, 5.41) is 0. The van der Waals surface area contributed by atoms with Crippen molar-refractivity contribution in [2.45, 2.75) is 31.8 Å². The van der Waals surface area contributed by atoms with Gasteiger partial charge in [-0.15, -0.1) is 0 Å². The molecule has 0 aromatic carbocycles. The summed E-state index contributed by atoms with van der Waals surface area (Å²) in [5.74, 6) is 0. The van der Waals surface area contributed by atoms with Crippen molar-refractivity contribution in [3.8, 4) is 0 Å². The summed E-state index contributed by atoms with van der Waals surface area (Å²) in [6.07, 6.45) is 6.23. The van der Waals surface area contributed by atoms with Crippen LogP contribution in [0.15, 0.2) is 0 Å². The zero-order chi connectivity index (χ0) is 7.03. The van der Waals surface area contributed by atoms with E-state index in [4.69, 9.17) is 4.74 Å². The molecular formula is C8H13IO. The third-order valence-electron chi connectivity index (χ3n) is 2.87. The molecule has 0 bridgehead atoms. The zero-order valence-electron chi connectivity index (χ0n) is 6.11. The lowest BCUT2D eigenvalue weighted by molar-refractivity contribution is 0.0762. The van der Waals surface area contributed by atoms with Crippen molar-refractivity contribution in [1.82, 2.24) is 0 Å². The monoisotopic (exact) mass is 252 g/mol. The van der Waals surface area contributed by atoms with Crippen LogP contribution in [-0.2, 0) is 4.74 Å². The number of ether oxygens (including phenoxy) is 1. The SMILES string of the molecule is IC[C@@H]1CC2(CCC2)CO1. The Hall–Kier alpha value is 0.690. The second kappa shape index (κ2) is 2.63. The highest BCUT2D eigenvalue weighted by atomic mass is 127. The van der Waals surface area contributed by atoms with Gasteiger partial charge in [0, 0.05) is 4.43 Å². The average molecular weight is 252 g/mol. The van der Waals surface area contributed by atoms with Crippen LogP contribution in [0.4, 0.5) is 0 Å². The van der Waals surface area contributed by atoms with Gasteiger partial charge in [0.05, 0.1) is 12.7 Å². The Morgan fingerprint density at radius 3 is 2.60 bits per heavy atom. The summed E-state index contributed by atoms with van der Waals surface area (Å²) in [5.41, 5.74) is 0.663. The lowest BCUT2D eigenvalue weighted by atomic mass is 9.68. The molecule has 0 aromatic rings. The molecule has 2 heteroatoms. The lowest BCUT2D eigenvalue weighted by Gasteiger charge is -2.36. The molecular weight excluding hydrogens is 239 g/mol. The summed E-state index contributed by atoms with van der Waals surface area (Å²) < 4.78 is 6.83. The van der Waals surface area contributed by atoms with Crippen molar-refractivity contribution in [3.05, 3.63) is 0 Å². The molecule has 1 atom stereocenters. The first-order valence-corrected chi connectivity index (χ1v) is 5.55. The summed E-state index contributed by atoms with van der Waals surface area (Å²) in [6.45, 7) is 1.06. The Kier molecular flexibility index (Phi) is 1.93. The molecule has 0 N–H and O–H groups in total. The fourth-order valence-electron chi connectivity index (χ4n) is 2.02. The zero-order valence-corrected chi connectivity index (χ0v) is 8.26. The smallest absolute Gasteiger partial charge is 0.0670 e. The number of rotatable bonds is 1. The number of hydrogen-bond acceptors (Lipinski definition) is 1. The lowest BCUT2D eigenvalue weighted by Crippen LogP contribution is -2.29. The van der Waals surface area contributed by atoms with Crippen LogP contribution in [0, 0.1) is 5.41 Å². The summed E-state index contributed by atoms with van der Waals surface area (Å²) in [4.78, 5) is 0. The summed E-state index contributed by atoms with van der Waals surface area (Å²) >= 11 is 2.42. The van der Waals surface area contributed by atoms with E-state index >= 15 is 0 Å². The van der Waals surface area contributed by atoms with Gasteiger partial charge in [-0.05, 0) is 24.7 Å². The van der Waals surface area contributed by atoms with Crippen molar-refractivity contribution < 1.29 is 4.74 Å². The van der Waals surface area contributed by atoms with E-state index in [1.807, 2.05) is 0 Å². The van der Waals surface area contributed by atoms with Crippen LogP contribution in [0.3, 0.4) is 0 Å². The van der Waals surface area contributed by atoms with Crippen LogP contribution >= 0.6 is 22.6 Å². The molecule has 1 aliphatic carbocycles. The van der Waals surface area contributed by atoms with E-state index in [0.29, 0.717) is 11.5 Å². The maximum absolute atomic E-state index is 5.65. The van der Waals surface area contributed by atoms with Gasteiger partial charge in [0.25, 0.3) is 0 Å². The van der Waals surface area contributed by atoms with E-state index in [2.05, 4.69) is 22.6 Å². The normalized spacial score (nSPS) is 36.3. The highest BCUT2D eigenvalue weighted by molar-refractivity contribution is 14.1. The van der Waals surface area contributed by atoms with Crippen LogP contribution in [-0.4, -0.2) is 17.1 Å². The van der Waals surface area contributed by atoms with Gasteiger partial charge in [0.1, 0.15) is 0 Å². The molecule has 10 heavy (non-hydrogen) atoms. The molecule has 2 aliphatic rings. The molecule has 1 spiro atoms. The third kappa shape index (κ3) is 1.09. The highest BCUT2D eigenvalue weighted by Crippen LogP contribution is 2.49. The first-order chi connectivity index (χ1) is 4.85. The van der Waals surface area contributed by atoms with E-state index in [1.165, 1.54) is 30.1 Å². The van der Waals surface area contributed by atoms with E-state index in [-0.39, 0.29) is 0 Å². The first kappa shape index (κ1) is 7.35. The molecule has 0 aromatic heterocycles. The van der Waals surface area contributed by atoms with Crippen LogP contribution in [0.5, 0.6) is 0 Å². The molecule has 2 fully saturated rings. The van der Waals surface area contributed by atoms with Crippen LogP contribution in [0.1, 0.15) is 25.7 Å². The van der Waals surface area contributed by atoms with E-state index in [1.54, 1.807) is 0 Å². The second-order valence-corrected chi connectivity index (χ2v) is 4.53. The molecule has 1 saturated heterocycles. The Morgan fingerprint density at radius 2 is 2.30 bits per heavy atom. The molecule has 0 unspecified atom stereocenters. The van der Waals surface area contributed by atoms with Crippen molar-refractivity contribution in [2.75, 3.05) is 11.0 Å². The van der Waals surface area contributed by atoms with Gasteiger partial charge >= 0.3 is 0 Å². The first-order valence-electron chi connectivity index (χ1n) is 4.02. The highest BCUT2D eigenvalue weighted by Gasteiger charge is 2.43. The second-order valence-electron chi connectivity index (χ2n) is 3.64. The molecule has 58 valence electrons. The topological polar surface area (TPSA) is 9.23 Å². The maximum Gasteiger partial charge on any atom is 0.0670 e. The predicted octanol–water partition coefficient (Wildman–Crippen LogP) is 2.38. The van der Waals surface area contributed by atoms with Crippen LogP contribution in [0.25, 0.3) is 0 Å². The number of hydrogen-bond donors (Lipinski definition) is 0.